The van der Waals surface area contributed by atoms with E-state index in [4.69, 9.17) is 15.9 Å². The van der Waals surface area contributed by atoms with Gasteiger partial charge in [0.15, 0.2) is 5.69 Å². The zero-order chi connectivity index (χ0) is 22.3. The molecule has 0 spiro atoms. The first-order chi connectivity index (χ1) is 14.3. The number of primary amides is 1. The predicted molar refractivity (Wildman–Crippen MR) is 115 cm³/mol. The molecule has 0 saturated heterocycles. The normalized spacial score (nSPS) is 12.0. The van der Waals surface area contributed by atoms with Crippen molar-refractivity contribution in [2.75, 3.05) is 12.3 Å². The highest BCUT2D eigenvalue weighted by Gasteiger charge is 2.33. The van der Waals surface area contributed by atoms with Gasteiger partial charge in [-0.15, -0.1) is 0 Å². The lowest BCUT2D eigenvalue weighted by Crippen LogP contribution is -2.49. The van der Waals surface area contributed by atoms with Gasteiger partial charge in [-0.2, -0.15) is 4.37 Å². The van der Waals surface area contributed by atoms with Crippen LogP contribution < -0.4 is 16.8 Å². The molecule has 1 atom stereocenters. The molecule has 30 heavy (non-hydrogen) atoms. The maximum Gasteiger partial charge on any atom is 0.270 e. The summed E-state index contributed by atoms with van der Waals surface area (Å²) in [4.78, 5) is 39.3. The molecule has 3 amide bonds. The molecule has 0 fully saturated rings. The van der Waals surface area contributed by atoms with Gasteiger partial charge in [0.05, 0.1) is 18.5 Å². The Kier molecular flexibility index (Phi) is 8.40. The predicted octanol–water partition coefficient (Wildman–Crippen LogP) is 2.39. The molecule has 0 aliphatic heterocycles. The van der Waals surface area contributed by atoms with Crippen molar-refractivity contribution >= 4 is 34.9 Å². The summed E-state index contributed by atoms with van der Waals surface area (Å²) in [5, 5.41) is 2.92. The topological polar surface area (TPSA) is 145 Å². The monoisotopic (exact) mass is 435 g/mol. The zero-order valence-corrected chi connectivity index (χ0v) is 18.3. The molecule has 9 nitrogen and oxygen atoms in total. The fourth-order valence-corrected chi connectivity index (χ4v) is 3.72. The van der Waals surface area contributed by atoms with Crippen molar-refractivity contribution in [3.8, 4) is 0 Å². The van der Waals surface area contributed by atoms with E-state index in [1.807, 2.05) is 6.92 Å². The molecule has 10 heteroatoms. The van der Waals surface area contributed by atoms with Gasteiger partial charge >= 0.3 is 0 Å². The summed E-state index contributed by atoms with van der Waals surface area (Å²) in [6.45, 7) is 6.69. The van der Waals surface area contributed by atoms with E-state index < -0.39 is 17.9 Å². The third kappa shape index (κ3) is 5.82. The third-order valence-corrected chi connectivity index (χ3v) is 5.44. The fraction of sp³-hybridized carbons (Fsp3) is 0.500. The van der Waals surface area contributed by atoms with Gasteiger partial charge < -0.3 is 26.1 Å². The second kappa shape index (κ2) is 10.8. The van der Waals surface area contributed by atoms with E-state index in [1.54, 1.807) is 12.1 Å². The number of carbonyl (C=O) groups is 3. The molecule has 0 saturated carbocycles. The lowest BCUT2D eigenvalue weighted by atomic mass is 10.1. The molecule has 2 rings (SSSR count). The van der Waals surface area contributed by atoms with Crippen molar-refractivity contribution in [3.05, 3.63) is 34.7 Å². The van der Waals surface area contributed by atoms with Gasteiger partial charge in [0.2, 0.25) is 5.91 Å². The first-order valence-corrected chi connectivity index (χ1v) is 10.7. The molecule has 0 bridgehead atoms. The number of amides is 3. The number of hydrogen-bond donors (Lipinski definition) is 3. The number of nitrogen functional groups attached to an aromatic ring is 1. The maximum absolute atomic E-state index is 13.4. The Morgan fingerprint density at radius 3 is 2.57 bits per heavy atom. The SMILES string of the molecule is CCC[C@@H](C(=O)NCCC(C)C)N(Cc1ccco1)C(=O)c1snc(C(N)=O)c1N. The van der Waals surface area contributed by atoms with E-state index in [0.717, 1.165) is 18.0 Å². The van der Waals surface area contributed by atoms with Crippen molar-refractivity contribution in [2.24, 2.45) is 11.7 Å². The van der Waals surface area contributed by atoms with Crippen LogP contribution in [-0.4, -0.2) is 39.6 Å². The molecule has 0 unspecified atom stereocenters. The Bertz CT molecular complexity index is 863. The van der Waals surface area contributed by atoms with E-state index in [9.17, 15) is 14.4 Å². The van der Waals surface area contributed by atoms with Gasteiger partial charge in [-0.1, -0.05) is 27.2 Å². The number of nitrogens with zero attached hydrogens (tertiary/aromatic N) is 2. The molecule has 0 aliphatic carbocycles. The highest BCUT2D eigenvalue weighted by Crippen LogP contribution is 2.26. The van der Waals surface area contributed by atoms with Crippen LogP contribution in [0.25, 0.3) is 0 Å². The summed E-state index contributed by atoms with van der Waals surface area (Å²) in [6.07, 6.45) is 3.48. The number of carbonyl (C=O) groups excluding carboxylic acids is 3. The second-order valence-corrected chi connectivity index (χ2v) is 8.20. The number of nitrogens with two attached hydrogens (primary N) is 2. The summed E-state index contributed by atoms with van der Waals surface area (Å²) in [5.74, 6) is -0.573. The standard InChI is InChI=1S/C20H29N5O4S/c1-4-6-14(19(27)23-9-8-12(2)3)25(11-13-7-5-10-29-13)20(28)17-15(21)16(18(22)26)24-30-17/h5,7,10,12,14H,4,6,8-9,11,21H2,1-3H3,(H2,22,26)(H,23,27)/t14-/m0/s1. The minimum Gasteiger partial charge on any atom is -0.467 e. The molecule has 0 radical (unpaired) electrons. The van der Waals surface area contributed by atoms with Gasteiger partial charge in [0.1, 0.15) is 16.7 Å². The number of aromatic nitrogens is 1. The van der Waals surface area contributed by atoms with Crippen LogP contribution in [0.5, 0.6) is 0 Å². The zero-order valence-electron chi connectivity index (χ0n) is 17.5. The van der Waals surface area contributed by atoms with Crippen molar-refractivity contribution in [1.29, 1.82) is 0 Å². The van der Waals surface area contributed by atoms with Gasteiger partial charge in [0.25, 0.3) is 11.8 Å². The van der Waals surface area contributed by atoms with Crippen molar-refractivity contribution in [2.45, 2.75) is 52.6 Å². The summed E-state index contributed by atoms with van der Waals surface area (Å²) in [6, 6.07) is 2.71. The van der Waals surface area contributed by atoms with Gasteiger partial charge in [0, 0.05) is 6.54 Å². The molecule has 2 aromatic rings. The Morgan fingerprint density at radius 1 is 1.30 bits per heavy atom. The van der Waals surface area contributed by atoms with E-state index in [-0.39, 0.29) is 28.7 Å². The number of rotatable bonds is 11. The van der Waals surface area contributed by atoms with E-state index in [2.05, 4.69) is 23.5 Å². The number of hydrogen-bond acceptors (Lipinski definition) is 7. The second-order valence-electron chi connectivity index (χ2n) is 7.43. The molecule has 2 aromatic heterocycles. The van der Waals surface area contributed by atoms with Crippen molar-refractivity contribution in [1.82, 2.24) is 14.6 Å². The van der Waals surface area contributed by atoms with Crippen LogP contribution in [-0.2, 0) is 11.3 Å². The molecular weight excluding hydrogens is 406 g/mol. The van der Waals surface area contributed by atoms with Gasteiger partial charge in [-0.3, -0.25) is 14.4 Å². The highest BCUT2D eigenvalue weighted by molar-refractivity contribution is 7.09. The largest absolute Gasteiger partial charge is 0.467 e. The van der Waals surface area contributed by atoms with Gasteiger partial charge in [-0.25, -0.2) is 0 Å². The van der Waals surface area contributed by atoms with Crippen LogP contribution in [0.4, 0.5) is 5.69 Å². The summed E-state index contributed by atoms with van der Waals surface area (Å²) < 4.78 is 9.31. The third-order valence-electron chi connectivity index (χ3n) is 4.58. The van der Waals surface area contributed by atoms with E-state index in [0.29, 0.717) is 31.1 Å². The van der Waals surface area contributed by atoms with Crippen LogP contribution in [0.1, 0.15) is 66.0 Å². The molecule has 2 heterocycles. The van der Waals surface area contributed by atoms with Gasteiger partial charge in [-0.05, 0) is 42.4 Å². The Balaban J connectivity index is 2.34. The Morgan fingerprint density at radius 2 is 2.03 bits per heavy atom. The smallest absolute Gasteiger partial charge is 0.270 e. The molecule has 0 aliphatic rings. The maximum atomic E-state index is 13.4. The Hall–Kier alpha value is -2.88. The summed E-state index contributed by atoms with van der Waals surface area (Å²) >= 11 is 0.793. The average molecular weight is 436 g/mol. The average Bonchev–Trinajstić information content (AvgIpc) is 3.33. The van der Waals surface area contributed by atoms with Crippen LogP contribution in [0.15, 0.2) is 22.8 Å². The number of nitrogens with one attached hydrogen (secondary N) is 1. The van der Waals surface area contributed by atoms with Crippen LogP contribution in [0.3, 0.4) is 0 Å². The summed E-state index contributed by atoms with van der Waals surface area (Å²) in [5.41, 5.74) is 11.0. The minimum absolute atomic E-state index is 0.0718. The van der Waals surface area contributed by atoms with E-state index >= 15 is 0 Å². The lowest BCUT2D eigenvalue weighted by Gasteiger charge is -2.30. The van der Waals surface area contributed by atoms with Crippen molar-refractivity contribution in [3.63, 3.8) is 0 Å². The minimum atomic E-state index is -0.808. The number of furan rings is 1. The fourth-order valence-electron chi connectivity index (χ4n) is 2.96. The van der Waals surface area contributed by atoms with Crippen LogP contribution in [0, 0.1) is 5.92 Å². The quantitative estimate of drug-likeness (QED) is 0.494. The highest BCUT2D eigenvalue weighted by atomic mass is 32.1. The van der Waals surface area contributed by atoms with E-state index in [1.165, 1.54) is 11.2 Å². The molecule has 164 valence electrons. The number of anilines is 1. The lowest BCUT2D eigenvalue weighted by molar-refractivity contribution is -0.126. The molecule has 5 N–H and O–H groups in total. The molecular formula is C20H29N5O4S. The molecule has 0 aromatic carbocycles. The van der Waals surface area contributed by atoms with Crippen LogP contribution in [0.2, 0.25) is 0 Å². The first-order valence-electron chi connectivity index (χ1n) is 9.92. The first kappa shape index (κ1) is 23.4. The van der Waals surface area contributed by atoms with Crippen molar-refractivity contribution < 1.29 is 18.8 Å². The van der Waals surface area contributed by atoms with Crippen LogP contribution >= 0.6 is 11.5 Å². The Labute approximate surface area is 180 Å². The summed E-state index contributed by atoms with van der Waals surface area (Å²) in [7, 11) is 0.